The SMILES string of the molecule is Nc1cc(F)c(C(=O)OCc2ccc(Cl)c(Cl)c2)cc1F. The lowest BCUT2D eigenvalue weighted by Crippen LogP contribution is -2.09. The first-order chi connectivity index (χ1) is 9.88. The minimum atomic E-state index is -1.00. The third-order valence-electron chi connectivity index (χ3n) is 2.66. The number of ether oxygens (including phenoxy) is 1. The van der Waals surface area contributed by atoms with Gasteiger partial charge in [0.15, 0.2) is 0 Å². The standard InChI is InChI=1S/C14H9Cl2F2NO2/c15-9-2-1-7(3-10(9)16)6-21-14(20)8-4-12(18)13(19)5-11(8)17/h1-5H,6,19H2. The first-order valence-electron chi connectivity index (χ1n) is 5.74. The zero-order valence-corrected chi connectivity index (χ0v) is 12.0. The summed E-state index contributed by atoms with van der Waals surface area (Å²) in [6.07, 6.45) is 0. The maximum Gasteiger partial charge on any atom is 0.341 e. The Morgan fingerprint density at radius 3 is 2.48 bits per heavy atom. The molecule has 7 heteroatoms. The molecule has 21 heavy (non-hydrogen) atoms. The van der Waals surface area contributed by atoms with Crippen LogP contribution in [-0.4, -0.2) is 5.97 Å². The van der Waals surface area contributed by atoms with Gasteiger partial charge in [-0.05, 0) is 23.8 Å². The third kappa shape index (κ3) is 3.62. The van der Waals surface area contributed by atoms with Crippen LogP contribution < -0.4 is 5.73 Å². The van der Waals surface area contributed by atoms with Crippen molar-refractivity contribution in [2.75, 3.05) is 5.73 Å². The Morgan fingerprint density at radius 2 is 1.81 bits per heavy atom. The molecule has 110 valence electrons. The number of halogens is 4. The van der Waals surface area contributed by atoms with Crippen LogP contribution in [0.1, 0.15) is 15.9 Å². The number of esters is 1. The van der Waals surface area contributed by atoms with Crippen LogP contribution in [0.3, 0.4) is 0 Å². The Hall–Kier alpha value is -1.85. The molecule has 0 saturated carbocycles. The van der Waals surface area contributed by atoms with Gasteiger partial charge in [0.2, 0.25) is 0 Å². The Morgan fingerprint density at radius 1 is 1.10 bits per heavy atom. The fraction of sp³-hybridized carbons (Fsp3) is 0.0714. The van der Waals surface area contributed by atoms with Crippen LogP contribution in [0.4, 0.5) is 14.5 Å². The van der Waals surface area contributed by atoms with Crippen LogP contribution in [-0.2, 0) is 11.3 Å². The molecule has 0 radical (unpaired) electrons. The molecule has 0 unspecified atom stereocenters. The second-order valence-electron chi connectivity index (χ2n) is 4.18. The molecule has 0 aliphatic rings. The van der Waals surface area contributed by atoms with Gasteiger partial charge in [0.25, 0.3) is 0 Å². The molecule has 0 amide bonds. The highest BCUT2D eigenvalue weighted by Gasteiger charge is 2.16. The number of nitrogen functional groups attached to an aromatic ring is 1. The van der Waals surface area contributed by atoms with E-state index < -0.39 is 23.2 Å². The molecule has 0 aromatic heterocycles. The van der Waals surface area contributed by atoms with Crippen molar-refractivity contribution < 1.29 is 18.3 Å². The van der Waals surface area contributed by atoms with Gasteiger partial charge in [0, 0.05) is 6.07 Å². The molecular formula is C14H9Cl2F2NO2. The fourth-order valence-electron chi connectivity index (χ4n) is 1.57. The molecule has 0 heterocycles. The van der Waals surface area contributed by atoms with Crippen LogP contribution in [0.2, 0.25) is 10.0 Å². The van der Waals surface area contributed by atoms with Crippen molar-refractivity contribution in [2.45, 2.75) is 6.61 Å². The number of nitrogens with two attached hydrogens (primary N) is 1. The maximum absolute atomic E-state index is 13.5. The van der Waals surface area contributed by atoms with Gasteiger partial charge in [-0.15, -0.1) is 0 Å². The van der Waals surface area contributed by atoms with Crippen LogP contribution in [0.15, 0.2) is 30.3 Å². The highest BCUT2D eigenvalue weighted by Crippen LogP contribution is 2.23. The second kappa shape index (κ2) is 6.28. The molecule has 0 bridgehead atoms. The quantitative estimate of drug-likeness (QED) is 0.677. The molecule has 2 aromatic carbocycles. The molecule has 2 aromatic rings. The van der Waals surface area contributed by atoms with Crippen molar-refractivity contribution in [1.29, 1.82) is 0 Å². The third-order valence-corrected chi connectivity index (χ3v) is 3.40. The fourth-order valence-corrected chi connectivity index (χ4v) is 1.90. The monoisotopic (exact) mass is 331 g/mol. The van der Waals surface area contributed by atoms with Crippen molar-refractivity contribution in [2.24, 2.45) is 0 Å². The molecule has 0 aliphatic heterocycles. The zero-order valence-electron chi connectivity index (χ0n) is 10.5. The predicted molar refractivity (Wildman–Crippen MR) is 76.4 cm³/mol. The van der Waals surface area contributed by atoms with Gasteiger partial charge in [0.05, 0.1) is 21.3 Å². The average Bonchev–Trinajstić information content (AvgIpc) is 2.44. The number of carbonyl (C=O) groups is 1. The summed E-state index contributed by atoms with van der Waals surface area (Å²) < 4.78 is 31.7. The predicted octanol–water partition coefficient (Wildman–Crippen LogP) is 4.21. The summed E-state index contributed by atoms with van der Waals surface area (Å²) in [4.78, 5) is 11.7. The van der Waals surface area contributed by atoms with Crippen molar-refractivity contribution >= 4 is 34.9 Å². The smallest absolute Gasteiger partial charge is 0.341 e. The van der Waals surface area contributed by atoms with Crippen molar-refractivity contribution in [3.8, 4) is 0 Å². The Bertz CT molecular complexity index is 708. The summed E-state index contributed by atoms with van der Waals surface area (Å²) in [6.45, 7) is -0.152. The van der Waals surface area contributed by atoms with Gasteiger partial charge >= 0.3 is 5.97 Å². The Labute approximate surface area is 129 Å². The topological polar surface area (TPSA) is 52.3 Å². The first kappa shape index (κ1) is 15.5. The highest BCUT2D eigenvalue weighted by atomic mass is 35.5. The van der Waals surface area contributed by atoms with Gasteiger partial charge in [-0.3, -0.25) is 0 Å². The van der Waals surface area contributed by atoms with E-state index in [9.17, 15) is 13.6 Å². The lowest BCUT2D eigenvalue weighted by Gasteiger charge is -2.07. The van der Waals surface area contributed by atoms with Crippen molar-refractivity contribution in [3.63, 3.8) is 0 Å². The van der Waals surface area contributed by atoms with E-state index in [1.165, 1.54) is 12.1 Å². The van der Waals surface area contributed by atoms with Gasteiger partial charge in [-0.25, -0.2) is 13.6 Å². The Balaban J connectivity index is 2.11. The van der Waals surface area contributed by atoms with Gasteiger partial charge in [0.1, 0.15) is 18.2 Å². The van der Waals surface area contributed by atoms with E-state index >= 15 is 0 Å². The molecule has 0 fully saturated rings. The van der Waals surface area contributed by atoms with E-state index in [2.05, 4.69) is 0 Å². The molecule has 2 N–H and O–H groups in total. The number of hydrogen-bond acceptors (Lipinski definition) is 3. The number of carbonyl (C=O) groups excluding carboxylic acids is 1. The summed E-state index contributed by atoms with van der Waals surface area (Å²) in [5.41, 5.74) is 4.85. The van der Waals surface area contributed by atoms with E-state index in [0.717, 1.165) is 6.07 Å². The molecule has 0 saturated heterocycles. The van der Waals surface area contributed by atoms with Crippen molar-refractivity contribution in [1.82, 2.24) is 0 Å². The normalized spacial score (nSPS) is 10.5. The van der Waals surface area contributed by atoms with Gasteiger partial charge < -0.3 is 10.5 Å². The number of anilines is 1. The molecule has 3 nitrogen and oxygen atoms in total. The molecule has 0 atom stereocenters. The largest absolute Gasteiger partial charge is 0.457 e. The number of rotatable bonds is 3. The van der Waals surface area contributed by atoms with Crippen LogP contribution in [0.25, 0.3) is 0 Å². The van der Waals surface area contributed by atoms with E-state index in [1.807, 2.05) is 0 Å². The molecule has 0 spiro atoms. The molecular weight excluding hydrogens is 323 g/mol. The summed E-state index contributed by atoms with van der Waals surface area (Å²) in [7, 11) is 0. The van der Waals surface area contributed by atoms with Gasteiger partial charge in [-0.2, -0.15) is 0 Å². The summed E-state index contributed by atoms with van der Waals surface area (Å²) in [6, 6.07) is 6.07. The molecule has 0 aliphatic carbocycles. The van der Waals surface area contributed by atoms with Crippen LogP contribution >= 0.6 is 23.2 Å². The van der Waals surface area contributed by atoms with E-state index in [1.54, 1.807) is 6.07 Å². The lowest BCUT2D eigenvalue weighted by molar-refractivity contribution is 0.0467. The molecule has 2 rings (SSSR count). The minimum absolute atomic E-state index is 0.152. The van der Waals surface area contributed by atoms with Crippen molar-refractivity contribution in [3.05, 3.63) is 63.1 Å². The number of benzene rings is 2. The van der Waals surface area contributed by atoms with Gasteiger partial charge in [-0.1, -0.05) is 29.3 Å². The number of hydrogen-bond donors (Lipinski definition) is 1. The minimum Gasteiger partial charge on any atom is -0.457 e. The highest BCUT2D eigenvalue weighted by molar-refractivity contribution is 6.42. The average molecular weight is 332 g/mol. The maximum atomic E-state index is 13.5. The summed E-state index contributed by atoms with van der Waals surface area (Å²) in [5, 5.41) is 0.660. The summed E-state index contributed by atoms with van der Waals surface area (Å²) in [5.74, 6) is -2.84. The summed E-state index contributed by atoms with van der Waals surface area (Å²) >= 11 is 11.6. The van der Waals surface area contributed by atoms with E-state index in [-0.39, 0.29) is 12.3 Å². The zero-order chi connectivity index (χ0) is 15.6. The Kier molecular flexibility index (Phi) is 4.65. The van der Waals surface area contributed by atoms with Crippen LogP contribution in [0.5, 0.6) is 0 Å². The second-order valence-corrected chi connectivity index (χ2v) is 4.99. The van der Waals surface area contributed by atoms with E-state index in [4.69, 9.17) is 33.7 Å². The van der Waals surface area contributed by atoms with Crippen LogP contribution in [0, 0.1) is 11.6 Å². The lowest BCUT2D eigenvalue weighted by atomic mass is 10.2. The van der Waals surface area contributed by atoms with E-state index in [0.29, 0.717) is 21.7 Å². The first-order valence-corrected chi connectivity index (χ1v) is 6.49.